The number of hydrogen-bond acceptors (Lipinski definition) is 3. The van der Waals surface area contributed by atoms with Gasteiger partial charge in [0.15, 0.2) is 5.69 Å². The number of alkyl halides is 2. The first-order chi connectivity index (χ1) is 7.47. The predicted molar refractivity (Wildman–Crippen MR) is 62.9 cm³/mol. The Morgan fingerprint density at radius 2 is 2.31 bits per heavy atom. The SMILES string of the molecule is CCOC(=O)c1nc(C(F)F)cc(I)c1Cl. The second kappa shape index (κ2) is 5.72. The number of carbonyl (C=O) groups excluding carboxylic acids is 1. The Balaban J connectivity index is 3.21. The monoisotopic (exact) mass is 361 g/mol. The molecule has 0 fully saturated rings. The van der Waals surface area contributed by atoms with Gasteiger partial charge in [-0.15, -0.1) is 0 Å². The van der Waals surface area contributed by atoms with Crippen LogP contribution in [0.3, 0.4) is 0 Å². The first kappa shape index (κ1) is 13.6. The molecule has 0 aliphatic carbocycles. The summed E-state index contributed by atoms with van der Waals surface area (Å²) >= 11 is 7.54. The molecular formula is C9H7ClF2INO2. The molecule has 0 aromatic carbocycles. The molecule has 7 heteroatoms. The fraction of sp³-hybridized carbons (Fsp3) is 0.333. The first-order valence-corrected chi connectivity index (χ1v) is 5.74. The Bertz CT molecular complexity index is 415. The van der Waals surface area contributed by atoms with Crippen molar-refractivity contribution < 1.29 is 18.3 Å². The van der Waals surface area contributed by atoms with E-state index >= 15 is 0 Å². The third-order valence-electron chi connectivity index (χ3n) is 1.63. The minimum atomic E-state index is -2.75. The fourth-order valence-electron chi connectivity index (χ4n) is 0.963. The van der Waals surface area contributed by atoms with Crippen molar-refractivity contribution in [3.05, 3.63) is 26.0 Å². The van der Waals surface area contributed by atoms with E-state index in [9.17, 15) is 13.6 Å². The molecule has 1 heterocycles. The molecule has 3 nitrogen and oxygen atoms in total. The van der Waals surface area contributed by atoms with Crippen molar-refractivity contribution in [1.82, 2.24) is 4.98 Å². The number of esters is 1. The van der Waals surface area contributed by atoms with Gasteiger partial charge in [0, 0.05) is 3.57 Å². The molecule has 0 aliphatic rings. The van der Waals surface area contributed by atoms with Crippen molar-refractivity contribution in [2.45, 2.75) is 13.3 Å². The van der Waals surface area contributed by atoms with Gasteiger partial charge in [-0.2, -0.15) is 0 Å². The quantitative estimate of drug-likeness (QED) is 0.611. The topological polar surface area (TPSA) is 39.2 Å². The Morgan fingerprint density at radius 1 is 1.69 bits per heavy atom. The number of carbonyl (C=O) groups is 1. The van der Waals surface area contributed by atoms with Gasteiger partial charge < -0.3 is 4.74 Å². The summed E-state index contributed by atoms with van der Waals surface area (Å²) in [6, 6.07) is 1.14. The number of nitrogens with zero attached hydrogens (tertiary/aromatic N) is 1. The van der Waals surface area contributed by atoms with Crippen LogP contribution in [0.25, 0.3) is 0 Å². The number of pyridine rings is 1. The summed E-state index contributed by atoms with van der Waals surface area (Å²) in [4.78, 5) is 14.9. The van der Waals surface area contributed by atoms with E-state index in [1.54, 1.807) is 29.5 Å². The van der Waals surface area contributed by atoms with Crippen molar-refractivity contribution in [3.8, 4) is 0 Å². The summed E-state index contributed by atoms with van der Waals surface area (Å²) in [6.07, 6.45) is -2.75. The molecule has 1 aromatic rings. The molecule has 1 rings (SSSR count). The normalized spacial score (nSPS) is 10.6. The third kappa shape index (κ3) is 3.00. The van der Waals surface area contributed by atoms with Gasteiger partial charge in [0.25, 0.3) is 6.43 Å². The van der Waals surface area contributed by atoms with Crippen LogP contribution in [0.4, 0.5) is 8.78 Å². The third-order valence-corrected chi connectivity index (χ3v) is 3.18. The predicted octanol–water partition coefficient (Wildman–Crippen LogP) is 3.45. The molecule has 0 saturated heterocycles. The Labute approximate surface area is 109 Å². The van der Waals surface area contributed by atoms with Gasteiger partial charge in [0.05, 0.1) is 11.6 Å². The number of rotatable bonds is 3. The van der Waals surface area contributed by atoms with Crippen molar-refractivity contribution in [2.75, 3.05) is 6.61 Å². The van der Waals surface area contributed by atoms with Gasteiger partial charge >= 0.3 is 5.97 Å². The van der Waals surface area contributed by atoms with Crippen LogP contribution in [0.1, 0.15) is 29.5 Å². The zero-order valence-electron chi connectivity index (χ0n) is 8.14. The molecule has 16 heavy (non-hydrogen) atoms. The lowest BCUT2D eigenvalue weighted by Gasteiger charge is -2.07. The number of hydrogen-bond donors (Lipinski definition) is 0. The average Bonchev–Trinajstić information content (AvgIpc) is 2.21. The fourth-order valence-corrected chi connectivity index (χ4v) is 1.71. The largest absolute Gasteiger partial charge is 0.461 e. The van der Waals surface area contributed by atoms with Crippen LogP contribution in [0.2, 0.25) is 5.02 Å². The lowest BCUT2D eigenvalue weighted by atomic mass is 10.3. The molecule has 0 unspecified atom stereocenters. The minimum absolute atomic E-state index is 0.0310. The Kier molecular flexibility index (Phi) is 4.85. The van der Waals surface area contributed by atoms with Crippen molar-refractivity contribution in [1.29, 1.82) is 0 Å². The van der Waals surface area contributed by atoms with E-state index in [2.05, 4.69) is 9.72 Å². The molecule has 0 bridgehead atoms. The second-order valence-electron chi connectivity index (χ2n) is 2.71. The smallest absolute Gasteiger partial charge is 0.358 e. The van der Waals surface area contributed by atoms with E-state index in [0.29, 0.717) is 3.57 Å². The zero-order chi connectivity index (χ0) is 12.3. The van der Waals surface area contributed by atoms with Crippen LogP contribution in [-0.4, -0.2) is 17.6 Å². The van der Waals surface area contributed by atoms with Crippen molar-refractivity contribution in [3.63, 3.8) is 0 Å². The van der Waals surface area contributed by atoms with Gasteiger partial charge in [-0.25, -0.2) is 18.6 Å². The van der Waals surface area contributed by atoms with Crippen LogP contribution in [0.5, 0.6) is 0 Å². The lowest BCUT2D eigenvalue weighted by Crippen LogP contribution is -2.10. The van der Waals surface area contributed by atoms with Crippen LogP contribution < -0.4 is 0 Å². The van der Waals surface area contributed by atoms with Crippen molar-refractivity contribution in [2.24, 2.45) is 0 Å². The molecule has 88 valence electrons. The summed E-state index contributed by atoms with van der Waals surface area (Å²) in [7, 11) is 0. The molecule has 0 spiro atoms. The van der Waals surface area contributed by atoms with Gasteiger partial charge in [0.1, 0.15) is 5.69 Å². The highest BCUT2D eigenvalue weighted by molar-refractivity contribution is 14.1. The summed E-state index contributed by atoms with van der Waals surface area (Å²) in [5.41, 5.74) is -0.762. The van der Waals surface area contributed by atoms with Crippen LogP contribution >= 0.6 is 34.2 Å². The summed E-state index contributed by atoms with van der Waals surface area (Å²) in [6.45, 7) is 1.74. The maximum atomic E-state index is 12.4. The summed E-state index contributed by atoms with van der Waals surface area (Å²) in [5.74, 6) is -0.798. The highest BCUT2D eigenvalue weighted by Gasteiger charge is 2.20. The van der Waals surface area contributed by atoms with Crippen molar-refractivity contribution >= 4 is 40.2 Å². The van der Waals surface area contributed by atoms with Crippen LogP contribution in [0, 0.1) is 3.57 Å². The van der Waals surface area contributed by atoms with E-state index < -0.39 is 18.1 Å². The average molecular weight is 362 g/mol. The molecule has 0 radical (unpaired) electrons. The lowest BCUT2D eigenvalue weighted by molar-refractivity contribution is 0.0518. The highest BCUT2D eigenvalue weighted by Crippen LogP contribution is 2.27. The standard InChI is InChI=1S/C9H7ClF2INO2/c1-2-16-9(15)7-6(10)4(13)3-5(14-7)8(11)12/h3,8H,2H2,1H3. The Morgan fingerprint density at radius 3 is 2.81 bits per heavy atom. The highest BCUT2D eigenvalue weighted by atomic mass is 127. The molecular weight excluding hydrogens is 354 g/mol. The maximum Gasteiger partial charge on any atom is 0.358 e. The molecule has 0 atom stereocenters. The number of aromatic nitrogens is 1. The van der Waals surface area contributed by atoms with E-state index in [4.69, 9.17) is 11.6 Å². The second-order valence-corrected chi connectivity index (χ2v) is 4.25. The van der Waals surface area contributed by atoms with Crippen LogP contribution in [0.15, 0.2) is 6.07 Å². The van der Waals surface area contributed by atoms with Gasteiger partial charge in [-0.3, -0.25) is 0 Å². The van der Waals surface area contributed by atoms with E-state index in [1.165, 1.54) is 0 Å². The minimum Gasteiger partial charge on any atom is -0.461 e. The first-order valence-electron chi connectivity index (χ1n) is 4.28. The van der Waals surface area contributed by atoms with E-state index in [0.717, 1.165) is 6.07 Å². The van der Waals surface area contributed by atoms with Gasteiger partial charge in [0.2, 0.25) is 0 Å². The number of ether oxygens (including phenoxy) is 1. The molecule has 0 saturated carbocycles. The van der Waals surface area contributed by atoms with E-state index in [-0.39, 0.29) is 17.3 Å². The Hall–Kier alpha value is -0.500. The zero-order valence-corrected chi connectivity index (χ0v) is 11.1. The van der Waals surface area contributed by atoms with Gasteiger partial charge in [-0.05, 0) is 35.6 Å². The van der Waals surface area contributed by atoms with Gasteiger partial charge in [-0.1, -0.05) is 11.6 Å². The number of halogens is 4. The summed E-state index contributed by atoms with van der Waals surface area (Å²) in [5, 5.41) is 0.0310. The summed E-state index contributed by atoms with van der Waals surface area (Å²) < 4.78 is 29.9. The maximum absolute atomic E-state index is 12.4. The molecule has 0 aliphatic heterocycles. The van der Waals surface area contributed by atoms with E-state index in [1.807, 2.05) is 0 Å². The molecule has 0 N–H and O–H groups in total. The van der Waals surface area contributed by atoms with Crippen LogP contribution in [-0.2, 0) is 4.74 Å². The molecule has 0 amide bonds. The molecule has 1 aromatic heterocycles.